The van der Waals surface area contributed by atoms with E-state index in [1.165, 1.54) is 270 Å². The van der Waals surface area contributed by atoms with Gasteiger partial charge >= 0.3 is 19.8 Å². The van der Waals surface area contributed by atoms with Crippen molar-refractivity contribution in [2.75, 3.05) is 26.4 Å². The van der Waals surface area contributed by atoms with Crippen molar-refractivity contribution in [3.8, 4) is 0 Å². The Balaban J connectivity index is 3.88. The van der Waals surface area contributed by atoms with Gasteiger partial charge in [0.15, 0.2) is 6.10 Å². The standard InChI is InChI=1S/C59H118NO8P/c1-3-5-7-9-11-13-15-17-19-21-23-25-27-29-31-33-35-37-39-41-43-45-47-49-51-58(61)65-55-57(56-67-69(63,64)66-54-53-60)68-59(62)52-50-48-46-44-42-40-38-36-34-32-30-28-26-24-22-20-18-16-14-12-10-8-6-4-2/h57H,3-56,60H2,1-2H3,(H,63,64)/t57-/m1/s1. The molecule has 0 aromatic carbocycles. The van der Waals surface area contributed by atoms with Gasteiger partial charge in [-0.05, 0) is 12.8 Å². The molecule has 2 atom stereocenters. The lowest BCUT2D eigenvalue weighted by molar-refractivity contribution is -0.161. The smallest absolute Gasteiger partial charge is 0.462 e. The van der Waals surface area contributed by atoms with Crippen molar-refractivity contribution in [3.63, 3.8) is 0 Å². The van der Waals surface area contributed by atoms with E-state index in [4.69, 9.17) is 24.3 Å². The van der Waals surface area contributed by atoms with Crippen LogP contribution in [0.5, 0.6) is 0 Å². The van der Waals surface area contributed by atoms with Gasteiger partial charge in [-0.3, -0.25) is 18.6 Å². The molecule has 0 aromatic rings. The zero-order chi connectivity index (χ0) is 50.2. The van der Waals surface area contributed by atoms with E-state index in [0.717, 1.165) is 32.1 Å². The number of rotatable bonds is 59. The quantitative estimate of drug-likeness (QED) is 0.0347. The minimum atomic E-state index is -4.38. The molecule has 0 aromatic heterocycles. The summed E-state index contributed by atoms with van der Waals surface area (Å²) in [4.78, 5) is 35.2. The van der Waals surface area contributed by atoms with E-state index >= 15 is 0 Å². The van der Waals surface area contributed by atoms with Crippen LogP contribution >= 0.6 is 7.82 Å². The molecule has 412 valence electrons. The van der Waals surface area contributed by atoms with Crippen LogP contribution in [0.2, 0.25) is 0 Å². The van der Waals surface area contributed by atoms with E-state index < -0.39 is 26.5 Å². The average molecular weight is 1000 g/mol. The van der Waals surface area contributed by atoms with E-state index in [1.807, 2.05) is 0 Å². The van der Waals surface area contributed by atoms with Crippen LogP contribution in [0, 0.1) is 0 Å². The molecule has 0 aliphatic carbocycles. The van der Waals surface area contributed by atoms with Gasteiger partial charge in [-0.15, -0.1) is 0 Å². The Hall–Kier alpha value is -0.990. The molecule has 10 heteroatoms. The van der Waals surface area contributed by atoms with Gasteiger partial charge in [-0.1, -0.05) is 309 Å². The van der Waals surface area contributed by atoms with Crippen LogP contribution in [0.15, 0.2) is 0 Å². The van der Waals surface area contributed by atoms with Gasteiger partial charge in [0.25, 0.3) is 0 Å². The number of hydrogen-bond acceptors (Lipinski definition) is 8. The van der Waals surface area contributed by atoms with Crippen LogP contribution in [0.4, 0.5) is 0 Å². The van der Waals surface area contributed by atoms with Gasteiger partial charge in [-0.25, -0.2) is 4.57 Å². The second-order valence-electron chi connectivity index (χ2n) is 20.9. The molecule has 0 rings (SSSR count). The second kappa shape index (κ2) is 56.3. The van der Waals surface area contributed by atoms with Gasteiger partial charge in [0, 0.05) is 19.4 Å². The zero-order valence-electron chi connectivity index (χ0n) is 46.1. The fourth-order valence-electron chi connectivity index (χ4n) is 9.46. The lowest BCUT2D eigenvalue weighted by Crippen LogP contribution is -2.29. The Labute approximate surface area is 428 Å². The summed E-state index contributed by atoms with van der Waals surface area (Å²) in [7, 11) is -4.38. The maximum Gasteiger partial charge on any atom is 0.472 e. The van der Waals surface area contributed by atoms with Crippen LogP contribution in [-0.2, 0) is 32.7 Å². The summed E-state index contributed by atoms with van der Waals surface area (Å²) in [6.45, 7) is 3.83. The summed E-state index contributed by atoms with van der Waals surface area (Å²) in [5.74, 6) is -0.800. The highest BCUT2D eigenvalue weighted by Crippen LogP contribution is 2.43. The first-order valence-corrected chi connectivity index (χ1v) is 32.0. The number of esters is 2. The highest BCUT2D eigenvalue weighted by Gasteiger charge is 2.26. The first-order valence-electron chi connectivity index (χ1n) is 30.5. The number of carbonyl (C=O) groups is 2. The largest absolute Gasteiger partial charge is 0.472 e. The molecular weight excluding hydrogens is 882 g/mol. The normalized spacial score (nSPS) is 12.9. The SMILES string of the molecule is CCCCCCCCCCCCCCCCCCCCCCCCCCC(=O)OC[C@H](COP(=O)(O)OCCN)OC(=O)CCCCCCCCCCCCCCCCCCCCCCCCCC. The van der Waals surface area contributed by atoms with Gasteiger partial charge < -0.3 is 20.1 Å². The van der Waals surface area contributed by atoms with Crippen LogP contribution in [0.3, 0.4) is 0 Å². The van der Waals surface area contributed by atoms with Crippen molar-refractivity contribution in [2.45, 2.75) is 341 Å². The predicted octanol–water partition coefficient (Wildman–Crippen LogP) is 19.1. The zero-order valence-corrected chi connectivity index (χ0v) is 47.0. The van der Waals surface area contributed by atoms with Crippen LogP contribution in [0.1, 0.15) is 335 Å². The fraction of sp³-hybridized carbons (Fsp3) is 0.966. The lowest BCUT2D eigenvalue weighted by Gasteiger charge is -2.19. The molecule has 0 fully saturated rings. The van der Waals surface area contributed by atoms with Gasteiger partial charge in [0.05, 0.1) is 13.2 Å². The first-order chi connectivity index (χ1) is 33.8. The van der Waals surface area contributed by atoms with Crippen molar-refractivity contribution >= 4 is 19.8 Å². The lowest BCUT2D eigenvalue weighted by atomic mass is 10.0. The van der Waals surface area contributed by atoms with Gasteiger partial charge in [0.1, 0.15) is 6.61 Å². The van der Waals surface area contributed by atoms with Crippen LogP contribution < -0.4 is 5.73 Å². The van der Waals surface area contributed by atoms with Gasteiger partial charge in [-0.2, -0.15) is 0 Å². The third-order valence-electron chi connectivity index (χ3n) is 14.0. The number of phosphoric ester groups is 1. The summed E-state index contributed by atoms with van der Waals surface area (Å²) in [5, 5.41) is 0. The van der Waals surface area contributed by atoms with Crippen molar-refractivity contribution in [2.24, 2.45) is 5.73 Å². The van der Waals surface area contributed by atoms with Crippen molar-refractivity contribution in [3.05, 3.63) is 0 Å². The molecule has 0 spiro atoms. The summed E-state index contributed by atoms with van der Waals surface area (Å²) < 4.78 is 33.1. The van der Waals surface area contributed by atoms with E-state index in [-0.39, 0.29) is 32.1 Å². The fourth-order valence-corrected chi connectivity index (χ4v) is 10.2. The van der Waals surface area contributed by atoms with E-state index in [1.54, 1.807) is 0 Å². The molecule has 0 aliphatic heterocycles. The molecule has 1 unspecified atom stereocenters. The van der Waals surface area contributed by atoms with E-state index in [2.05, 4.69) is 13.8 Å². The third kappa shape index (κ3) is 56.2. The number of hydrogen-bond donors (Lipinski definition) is 2. The molecule has 0 radical (unpaired) electrons. The maximum absolute atomic E-state index is 12.7. The van der Waals surface area contributed by atoms with E-state index in [9.17, 15) is 19.0 Å². The maximum atomic E-state index is 12.7. The van der Waals surface area contributed by atoms with E-state index in [0.29, 0.717) is 12.8 Å². The Morgan fingerprint density at radius 2 is 0.623 bits per heavy atom. The topological polar surface area (TPSA) is 134 Å². The highest BCUT2D eigenvalue weighted by molar-refractivity contribution is 7.47. The molecule has 0 aliphatic rings. The molecule has 0 amide bonds. The number of carbonyl (C=O) groups excluding carboxylic acids is 2. The summed E-state index contributed by atoms with van der Waals surface area (Å²) in [6.07, 6.45) is 63.1. The Kier molecular flexibility index (Phi) is 55.5. The minimum absolute atomic E-state index is 0.0587. The molecule has 69 heavy (non-hydrogen) atoms. The minimum Gasteiger partial charge on any atom is -0.462 e. The molecule has 9 nitrogen and oxygen atoms in total. The molecule has 3 N–H and O–H groups in total. The van der Waals surface area contributed by atoms with Crippen molar-refractivity contribution in [1.82, 2.24) is 0 Å². The number of nitrogens with two attached hydrogens (primary N) is 1. The number of phosphoric acid groups is 1. The summed E-state index contributed by atoms with van der Waals surface area (Å²) in [6, 6.07) is 0. The van der Waals surface area contributed by atoms with Gasteiger partial charge in [0.2, 0.25) is 0 Å². The first kappa shape index (κ1) is 68.0. The predicted molar refractivity (Wildman–Crippen MR) is 294 cm³/mol. The molecule has 0 saturated heterocycles. The Morgan fingerprint density at radius 1 is 0.377 bits per heavy atom. The molecule has 0 heterocycles. The monoisotopic (exact) mass is 1000 g/mol. The summed E-state index contributed by atoms with van der Waals surface area (Å²) >= 11 is 0. The van der Waals surface area contributed by atoms with Crippen molar-refractivity contribution < 1.29 is 37.6 Å². The van der Waals surface area contributed by atoms with Crippen LogP contribution in [-0.4, -0.2) is 49.3 Å². The number of unbranched alkanes of at least 4 members (excludes halogenated alkanes) is 46. The summed E-state index contributed by atoms with van der Waals surface area (Å²) in [5.41, 5.74) is 5.39. The third-order valence-corrected chi connectivity index (χ3v) is 15.0. The van der Waals surface area contributed by atoms with Crippen LogP contribution in [0.25, 0.3) is 0 Å². The second-order valence-corrected chi connectivity index (χ2v) is 22.4. The Bertz CT molecular complexity index is 1090. The Morgan fingerprint density at radius 3 is 0.884 bits per heavy atom. The highest BCUT2D eigenvalue weighted by atomic mass is 31.2. The molecular formula is C59H118NO8P. The van der Waals surface area contributed by atoms with Crippen molar-refractivity contribution in [1.29, 1.82) is 0 Å². The molecule has 0 saturated carbocycles. The molecule has 0 bridgehead atoms. The number of ether oxygens (including phenoxy) is 2. The average Bonchev–Trinajstić information content (AvgIpc) is 3.34.